The lowest BCUT2D eigenvalue weighted by Crippen LogP contribution is -2.17. The van der Waals surface area contributed by atoms with Gasteiger partial charge in [-0.05, 0) is 74.9 Å². The summed E-state index contributed by atoms with van der Waals surface area (Å²) >= 11 is 0. The van der Waals surface area contributed by atoms with Crippen molar-refractivity contribution in [2.45, 2.75) is 40.0 Å². The van der Waals surface area contributed by atoms with E-state index in [1.807, 2.05) is 12.1 Å². The second-order valence-corrected chi connectivity index (χ2v) is 6.13. The molecule has 22 heavy (non-hydrogen) atoms. The van der Waals surface area contributed by atoms with E-state index in [1.165, 1.54) is 27.8 Å². The zero-order valence-electron chi connectivity index (χ0n) is 14.1. The Balaban J connectivity index is 2.02. The van der Waals surface area contributed by atoms with E-state index in [1.54, 1.807) is 0 Å². The van der Waals surface area contributed by atoms with Gasteiger partial charge in [-0.1, -0.05) is 35.9 Å². The number of hydrogen-bond donors (Lipinski definition) is 1. The SMILES string of the molecule is Cc1ccc(C)c(C(CN)CCOc2cccc(C)c2C)c1. The van der Waals surface area contributed by atoms with E-state index < -0.39 is 0 Å². The lowest BCUT2D eigenvalue weighted by Gasteiger charge is -2.19. The van der Waals surface area contributed by atoms with Crippen LogP contribution in [0.2, 0.25) is 0 Å². The monoisotopic (exact) mass is 297 g/mol. The van der Waals surface area contributed by atoms with Crippen LogP contribution in [0.1, 0.15) is 40.2 Å². The molecule has 1 atom stereocenters. The molecule has 0 heterocycles. The van der Waals surface area contributed by atoms with Crippen molar-refractivity contribution in [3.8, 4) is 5.75 Å². The van der Waals surface area contributed by atoms with Gasteiger partial charge in [-0.15, -0.1) is 0 Å². The number of hydrogen-bond acceptors (Lipinski definition) is 2. The minimum absolute atomic E-state index is 0.352. The third kappa shape index (κ3) is 3.89. The number of benzene rings is 2. The fourth-order valence-corrected chi connectivity index (χ4v) is 2.79. The normalized spacial score (nSPS) is 12.2. The van der Waals surface area contributed by atoms with Crippen LogP contribution in [-0.4, -0.2) is 13.2 Å². The summed E-state index contributed by atoms with van der Waals surface area (Å²) in [5, 5.41) is 0. The molecule has 0 bridgehead atoms. The first-order chi connectivity index (χ1) is 10.5. The summed E-state index contributed by atoms with van der Waals surface area (Å²) in [6.45, 7) is 9.85. The molecular formula is C20H27NO. The zero-order chi connectivity index (χ0) is 16.1. The molecule has 0 saturated carbocycles. The van der Waals surface area contributed by atoms with Crippen LogP contribution in [0, 0.1) is 27.7 Å². The van der Waals surface area contributed by atoms with Gasteiger partial charge in [0.05, 0.1) is 6.61 Å². The van der Waals surface area contributed by atoms with Gasteiger partial charge in [0.25, 0.3) is 0 Å². The van der Waals surface area contributed by atoms with E-state index in [9.17, 15) is 0 Å². The van der Waals surface area contributed by atoms with Crippen LogP contribution in [0.4, 0.5) is 0 Å². The Hall–Kier alpha value is -1.80. The second-order valence-electron chi connectivity index (χ2n) is 6.13. The van der Waals surface area contributed by atoms with E-state index in [2.05, 4.69) is 52.0 Å². The molecule has 0 saturated heterocycles. The zero-order valence-corrected chi connectivity index (χ0v) is 14.1. The van der Waals surface area contributed by atoms with Gasteiger partial charge >= 0.3 is 0 Å². The smallest absolute Gasteiger partial charge is 0.122 e. The van der Waals surface area contributed by atoms with Crippen LogP contribution < -0.4 is 10.5 Å². The minimum Gasteiger partial charge on any atom is -0.493 e. The van der Waals surface area contributed by atoms with Crippen molar-refractivity contribution in [2.75, 3.05) is 13.2 Å². The molecule has 2 rings (SSSR count). The number of nitrogens with two attached hydrogens (primary N) is 1. The first kappa shape index (κ1) is 16.6. The summed E-state index contributed by atoms with van der Waals surface area (Å²) in [6, 6.07) is 12.8. The van der Waals surface area contributed by atoms with Crippen LogP contribution in [0.15, 0.2) is 36.4 Å². The van der Waals surface area contributed by atoms with Gasteiger partial charge in [0.2, 0.25) is 0 Å². The summed E-state index contributed by atoms with van der Waals surface area (Å²) in [4.78, 5) is 0. The molecule has 0 aliphatic rings. The van der Waals surface area contributed by atoms with E-state index in [-0.39, 0.29) is 0 Å². The summed E-state index contributed by atoms with van der Waals surface area (Å²) in [7, 11) is 0. The molecule has 0 spiro atoms. The van der Waals surface area contributed by atoms with Gasteiger partial charge in [0.15, 0.2) is 0 Å². The van der Waals surface area contributed by atoms with Gasteiger partial charge in [-0.2, -0.15) is 0 Å². The predicted molar refractivity (Wildman–Crippen MR) is 93.7 cm³/mol. The summed E-state index contributed by atoms with van der Waals surface area (Å²) in [6.07, 6.45) is 0.939. The lowest BCUT2D eigenvalue weighted by molar-refractivity contribution is 0.296. The molecule has 1 unspecified atom stereocenters. The Morgan fingerprint density at radius 2 is 1.77 bits per heavy atom. The highest BCUT2D eigenvalue weighted by Crippen LogP contribution is 2.25. The average molecular weight is 297 g/mol. The minimum atomic E-state index is 0.352. The fraction of sp³-hybridized carbons (Fsp3) is 0.400. The number of ether oxygens (including phenoxy) is 1. The van der Waals surface area contributed by atoms with Crippen LogP contribution >= 0.6 is 0 Å². The Bertz CT molecular complexity index is 634. The van der Waals surface area contributed by atoms with Crippen molar-refractivity contribution in [3.63, 3.8) is 0 Å². The van der Waals surface area contributed by atoms with Gasteiger partial charge in [-0.3, -0.25) is 0 Å². The Labute approximate surface area is 134 Å². The van der Waals surface area contributed by atoms with Crippen molar-refractivity contribution in [1.82, 2.24) is 0 Å². The molecule has 0 aliphatic heterocycles. The molecule has 2 aromatic carbocycles. The van der Waals surface area contributed by atoms with E-state index in [0.717, 1.165) is 12.2 Å². The third-order valence-electron chi connectivity index (χ3n) is 4.44. The molecule has 0 fully saturated rings. The average Bonchev–Trinajstić information content (AvgIpc) is 2.50. The van der Waals surface area contributed by atoms with Crippen LogP contribution in [0.5, 0.6) is 5.75 Å². The molecule has 0 amide bonds. The van der Waals surface area contributed by atoms with Crippen LogP contribution in [-0.2, 0) is 0 Å². The maximum atomic E-state index is 6.00. The van der Waals surface area contributed by atoms with Crippen molar-refractivity contribution >= 4 is 0 Å². The predicted octanol–water partition coefficient (Wildman–Crippen LogP) is 4.43. The van der Waals surface area contributed by atoms with Crippen LogP contribution in [0.25, 0.3) is 0 Å². The maximum absolute atomic E-state index is 6.00. The highest BCUT2D eigenvalue weighted by molar-refractivity contribution is 5.38. The molecule has 2 nitrogen and oxygen atoms in total. The molecule has 2 aromatic rings. The van der Waals surface area contributed by atoms with Crippen LogP contribution in [0.3, 0.4) is 0 Å². The quantitative estimate of drug-likeness (QED) is 0.856. The molecule has 2 N–H and O–H groups in total. The Morgan fingerprint density at radius 3 is 2.50 bits per heavy atom. The summed E-state index contributed by atoms with van der Waals surface area (Å²) in [5.74, 6) is 1.33. The molecule has 2 heteroatoms. The van der Waals surface area contributed by atoms with Gasteiger partial charge in [-0.25, -0.2) is 0 Å². The fourth-order valence-electron chi connectivity index (χ4n) is 2.79. The maximum Gasteiger partial charge on any atom is 0.122 e. The van der Waals surface area contributed by atoms with E-state index in [4.69, 9.17) is 10.5 Å². The largest absolute Gasteiger partial charge is 0.493 e. The lowest BCUT2D eigenvalue weighted by atomic mass is 9.91. The van der Waals surface area contributed by atoms with Crippen molar-refractivity contribution in [1.29, 1.82) is 0 Å². The molecule has 0 aliphatic carbocycles. The molecule has 0 radical (unpaired) electrons. The van der Waals surface area contributed by atoms with Gasteiger partial charge < -0.3 is 10.5 Å². The van der Waals surface area contributed by atoms with Gasteiger partial charge in [0.1, 0.15) is 5.75 Å². The Morgan fingerprint density at radius 1 is 1.00 bits per heavy atom. The van der Waals surface area contributed by atoms with E-state index >= 15 is 0 Å². The summed E-state index contributed by atoms with van der Waals surface area (Å²) in [5.41, 5.74) is 12.4. The van der Waals surface area contributed by atoms with Crippen molar-refractivity contribution < 1.29 is 4.74 Å². The third-order valence-corrected chi connectivity index (χ3v) is 4.44. The topological polar surface area (TPSA) is 35.2 Å². The number of rotatable bonds is 6. The van der Waals surface area contributed by atoms with E-state index in [0.29, 0.717) is 19.1 Å². The standard InChI is InChI=1S/C20H27NO/c1-14-8-9-16(3)19(12-14)18(13-21)10-11-22-20-7-5-6-15(2)17(20)4/h5-9,12,18H,10-11,13,21H2,1-4H3. The molecule has 0 aromatic heterocycles. The first-order valence-electron chi connectivity index (χ1n) is 7.99. The van der Waals surface area contributed by atoms with Crippen molar-refractivity contribution in [3.05, 3.63) is 64.2 Å². The Kier molecular flexibility index (Phi) is 5.62. The first-order valence-corrected chi connectivity index (χ1v) is 7.99. The van der Waals surface area contributed by atoms with Gasteiger partial charge in [0, 0.05) is 0 Å². The van der Waals surface area contributed by atoms with Crippen molar-refractivity contribution in [2.24, 2.45) is 5.73 Å². The highest BCUT2D eigenvalue weighted by atomic mass is 16.5. The summed E-state index contributed by atoms with van der Waals surface area (Å²) < 4.78 is 5.99. The highest BCUT2D eigenvalue weighted by Gasteiger charge is 2.13. The molecular weight excluding hydrogens is 270 g/mol. The number of aryl methyl sites for hydroxylation is 3. The second kappa shape index (κ2) is 7.46. The molecule has 118 valence electrons.